The molecule has 0 aliphatic carbocycles. The van der Waals surface area contributed by atoms with Crippen LogP contribution in [0.1, 0.15) is 41.7 Å². The second-order valence-corrected chi connectivity index (χ2v) is 9.13. The Kier molecular flexibility index (Phi) is 6.32. The summed E-state index contributed by atoms with van der Waals surface area (Å²) in [5.74, 6) is 3.00. The molecule has 0 saturated carbocycles. The van der Waals surface area contributed by atoms with Gasteiger partial charge in [-0.1, -0.05) is 13.0 Å². The number of nitrogens with zero attached hydrogens (tertiary/aromatic N) is 4. The highest BCUT2D eigenvalue weighted by Crippen LogP contribution is 2.31. The average Bonchev–Trinajstić information content (AvgIpc) is 3.29. The summed E-state index contributed by atoms with van der Waals surface area (Å²) < 4.78 is 16.9. The highest BCUT2D eigenvalue weighted by molar-refractivity contribution is 5.92. The van der Waals surface area contributed by atoms with Crippen molar-refractivity contribution in [3.05, 3.63) is 41.6 Å². The molecule has 32 heavy (non-hydrogen) atoms. The number of hydrogen-bond acceptors (Lipinski definition) is 7. The molecule has 2 aromatic rings. The van der Waals surface area contributed by atoms with Crippen molar-refractivity contribution in [2.45, 2.75) is 32.9 Å². The molecule has 0 spiro atoms. The number of carbonyl (C=O) groups excluding carboxylic acids is 1. The molecule has 3 aliphatic rings. The number of oxazole rings is 1. The minimum atomic E-state index is -0.00357. The van der Waals surface area contributed by atoms with E-state index in [9.17, 15) is 4.79 Å². The van der Waals surface area contributed by atoms with Crippen LogP contribution in [0.3, 0.4) is 0 Å². The first-order valence-electron chi connectivity index (χ1n) is 11.7. The fourth-order valence-corrected chi connectivity index (χ4v) is 4.60. The molecule has 0 N–H and O–H groups in total. The van der Waals surface area contributed by atoms with Gasteiger partial charge in [0.2, 0.25) is 5.89 Å². The number of fused-ring (bicyclic) bond motifs is 1. The van der Waals surface area contributed by atoms with E-state index in [-0.39, 0.29) is 5.91 Å². The molecule has 0 atom stereocenters. The highest BCUT2D eigenvalue weighted by atomic mass is 16.6. The number of likely N-dealkylation sites (tertiary alicyclic amines) is 1. The lowest BCUT2D eigenvalue weighted by Crippen LogP contribution is -2.45. The minimum absolute atomic E-state index is 0.00357. The van der Waals surface area contributed by atoms with Crippen molar-refractivity contribution in [3.63, 3.8) is 0 Å². The normalized spacial score (nSPS) is 20.5. The zero-order valence-corrected chi connectivity index (χ0v) is 18.8. The third-order valence-electron chi connectivity index (χ3n) is 6.68. The van der Waals surface area contributed by atoms with Crippen LogP contribution < -0.4 is 9.47 Å². The Balaban J connectivity index is 1.10. The van der Waals surface area contributed by atoms with Crippen molar-refractivity contribution in [1.29, 1.82) is 0 Å². The summed E-state index contributed by atoms with van der Waals surface area (Å²) in [5.41, 5.74) is 1.68. The number of piperidine rings is 1. The predicted molar refractivity (Wildman–Crippen MR) is 119 cm³/mol. The van der Waals surface area contributed by atoms with Crippen molar-refractivity contribution in [3.8, 4) is 11.5 Å². The Hall–Kier alpha value is -2.58. The van der Waals surface area contributed by atoms with E-state index in [1.807, 2.05) is 11.0 Å². The van der Waals surface area contributed by atoms with E-state index in [0.717, 1.165) is 70.2 Å². The number of carbonyl (C=O) groups is 1. The van der Waals surface area contributed by atoms with Crippen LogP contribution in [0.2, 0.25) is 0 Å². The largest absolute Gasteiger partial charge is 0.486 e. The molecule has 2 saturated heterocycles. The van der Waals surface area contributed by atoms with Gasteiger partial charge < -0.3 is 18.8 Å². The van der Waals surface area contributed by atoms with Crippen molar-refractivity contribution in [2.75, 3.05) is 52.5 Å². The zero-order chi connectivity index (χ0) is 21.9. The summed E-state index contributed by atoms with van der Waals surface area (Å²) >= 11 is 0. The van der Waals surface area contributed by atoms with E-state index in [1.165, 1.54) is 11.8 Å². The summed E-state index contributed by atoms with van der Waals surface area (Å²) in [6.07, 6.45) is 3.65. The number of aromatic nitrogens is 1. The van der Waals surface area contributed by atoms with E-state index in [0.29, 0.717) is 37.3 Å². The molecule has 0 bridgehead atoms. The van der Waals surface area contributed by atoms with E-state index in [1.54, 1.807) is 0 Å². The molecule has 172 valence electrons. The lowest BCUT2D eigenvalue weighted by molar-refractivity contribution is 0.0691. The fraction of sp³-hybridized carbons (Fsp3) is 0.583. The van der Waals surface area contributed by atoms with Gasteiger partial charge in [0, 0.05) is 45.8 Å². The number of rotatable bonds is 5. The van der Waals surface area contributed by atoms with Crippen molar-refractivity contribution in [2.24, 2.45) is 5.92 Å². The average molecular weight is 441 g/mol. The maximum absolute atomic E-state index is 12.7. The standard InChI is InChI=1S/C24H32N4O4/c1-18-4-6-28(7-5-18)24(29)20-17-32-23(25-20)16-27-10-8-26(9-11-27)15-19-2-3-21-22(14-19)31-13-12-30-21/h2-3,14,17-18H,4-13,15-16H2,1H3. The fourth-order valence-electron chi connectivity index (χ4n) is 4.60. The molecule has 8 heteroatoms. The third-order valence-corrected chi connectivity index (χ3v) is 6.68. The summed E-state index contributed by atoms with van der Waals surface area (Å²) in [6, 6.07) is 6.22. The van der Waals surface area contributed by atoms with E-state index in [2.05, 4.69) is 33.8 Å². The lowest BCUT2D eigenvalue weighted by Gasteiger charge is -2.34. The molecule has 0 radical (unpaired) electrons. The molecule has 5 rings (SSSR count). The number of ether oxygens (including phenoxy) is 2. The monoisotopic (exact) mass is 440 g/mol. The van der Waals surface area contributed by atoms with Crippen LogP contribution in [0, 0.1) is 5.92 Å². The van der Waals surface area contributed by atoms with Crippen LogP contribution in [0.25, 0.3) is 0 Å². The van der Waals surface area contributed by atoms with Gasteiger partial charge in [-0.25, -0.2) is 4.98 Å². The van der Waals surface area contributed by atoms with Crippen LogP contribution in [0.15, 0.2) is 28.9 Å². The maximum Gasteiger partial charge on any atom is 0.275 e. The first kappa shape index (κ1) is 21.3. The topological polar surface area (TPSA) is 71.3 Å². The molecule has 1 aromatic heterocycles. The van der Waals surface area contributed by atoms with E-state index in [4.69, 9.17) is 13.9 Å². The molecule has 8 nitrogen and oxygen atoms in total. The predicted octanol–water partition coefficient (Wildman–Crippen LogP) is 2.64. The summed E-state index contributed by atoms with van der Waals surface area (Å²) in [7, 11) is 0. The van der Waals surface area contributed by atoms with Crippen LogP contribution in [0.5, 0.6) is 11.5 Å². The number of hydrogen-bond donors (Lipinski definition) is 0. The van der Waals surface area contributed by atoms with Gasteiger partial charge >= 0.3 is 0 Å². The summed E-state index contributed by atoms with van der Waals surface area (Å²) in [4.78, 5) is 23.9. The summed E-state index contributed by atoms with van der Waals surface area (Å²) in [5, 5.41) is 0. The van der Waals surface area contributed by atoms with Crippen LogP contribution in [-0.2, 0) is 13.1 Å². The van der Waals surface area contributed by atoms with Crippen molar-refractivity contribution < 1.29 is 18.7 Å². The van der Waals surface area contributed by atoms with Gasteiger partial charge in [0.25, 0.3) is 5.91 Å². The van der Waals surface area contributed by atoms with Crippen molar-refractivity contribution >= 4 is 5.91 Å². The first-order valence-corrected chi connectivity index (χ1v) is 11.7. The van der Waals surface area contributed by atoms with Gasteiger partial charge in [0.1, 0.15) is 19.5 Å². The van der Waals surface area contributed by atoms with Crippen molar-refractivity contribution in [1.82, 2.24) is 19.7 Å². The molecule has 2 fully saturated rings. The lowest BCUT2D eigenvalue weighted by atomic mass is 9.99. The van der Waals surface area contributed by atoms with Crippen LogP contribution in [-0.4, -0.2) is 78.1 Å². The Morgan fingerprint density at radius 2 is 1.66 bits per heavy atom. The Bertz CT molecular complexity index is 930. The zero-order valence-electron chi connectivity index (χ0n) is 18.8. The first-order chi connectivity index (χ1) is 15.6. The molecule has 0 unspecified atom stereocenters. The number of benzene rings is 1. The maximum atomic E-state index is 12.7. The molecule has 1 amide bonds. The smallest absolute Gasteiger partial charge is 0.275 e. The Morgan fingerprint density at radius 1 is 0.969 bits per heavy atom. The number of piperazine rings is 1. The van der Waals surface area contributed by atoms with Gasteiger partial charge in [-0.3, -0.25) is 14.6 Å². The third kappa shape index (κ3) is 4.91. The van der Waals surface area contributed by atoms with Crippen LogP contribution >= 0.6 is 0 Å². The SMILES string of the molecule is CC1CCN(C(=O)c2coc(CN3CCN(Cc4ccc5c(c4)OCCO5)CC3)n2)CC1. The highest BCUT2D eigenvalue weighted by Gasteiger charge is 2.25. The van der Waals surface area contributed by atoms with Crippen LogP contribution in [0.4, 0.5) is 0 Å². The van der Waals surface area contributed by atoms with E-state index < -0.39 is 0 Å². The Morgan fingerprint density at radius 3 is 2.41 bits per heavy atom. The second-order valence-electron chi connectivity index (χ2n) is 9.13. The van der Waals surface area contributed by atoms with Gasteiger partial charge in [0.15, 0.2) is 17.2 Å². The Labute approximate surface area is 189 Å². The van der Waals surface area contributed by atoms with Gasteiger partial charge in [-0.05, 0) is 36.5 Å². The van der Waals surface area contributed by atoms with Gasteiger partial charge in [0.05, 0.1) is 6.54 Å². The summed E-state index contributed by atoms with van der Waals surface area (Å²) in [6.45, 7) is 10.5. The molecule has 4 heterocycles. The van der Waals surface area contributed by atoms with E-state index >= 15 is 0 Å². The molecule has 3 aliphatic heterocycles. The number of amides is 1. The minimum Gasteiger partial charge on any atom is -0.486 e. The molecular weight excluding hydrogens is 408 g/mol. The van der Waals surface area contributed by atoms with Gasteiger partial charge in [-0.15, -0.1) is 0 Å². The quantitative estimate of drug-likeness (QED) is 0.708. The molecular formula is C24H32N4O4. The second kappa shape index (κ2) is 9.50. The van der Waals surface area contributed by atoms with Gasteiger partial charge in [-0.2, -0.15) is 0 Å². The molecule has 1 aromatic carbocycles.